The number of hydrogen-bond donors (Lipinski definition) is 2. The van der Waals surface area contributed by atoms with Crippen molar-refractivity contribution in [2.24, 2.45) is 0 Å². The van der Waals surface area contributed by atoms with Gasteiger partial charge < -0.3 is 19.9 Å². The molecule has 1 rings (SSSR count). The maximum absolute atomic E-state index is 12.3. The summed E-state index contributed by atoms with van der Waals surface area (Å²) in [5.41, 5.74) is 5.99. The van der Waals surface area contributed by atoms with Gasteiger partial charge in [0.1, 0.15) is 16.4 Å². The molecule has 1 aromatic carbocycles. The molecule has 0 aliphatic rings. The number of anilines is 1. The van der Waals surface area contributed by atoms with Crippen LogP contribution in [0.3, 0.4) is 0 Å². The number of benzene rings is 1. The van der Waals surface area contributed by atoms with Crippen LogP contribution in [0.5, 0.6) is 11.5 Å². The number of sulfonamides is 1. The summed E-state index contributed by atoms with van der Waals surface area (Å²) in [6, 6.07) is 2.78. The summed E-state index contributed by atoms with van der Waals surface area (Å²) in [5.74, 6) is 0.552. The minimum absolute atomic E-state index is 0.00459. The van der Waals surface area contributed by atoms with Crippen molar-refractivity contribution in [1.29, 1.82) is 0 Å². The first kappa shape index (κ1) is 17.5. The third kappa shape index (κ3) is 4.76. The molecule has 0 atom stereocenters. The molecule has 1 aromatic rings. The zero-order valence-electron chi connectivity index (χ0n) is 12.5. The summed E-state index contributed by atoms with van der Waals surface area (Å²) in [7, 11) is 0.760. The van der Waals surface area contributed by atoms with Gasteiger partial charge in [-0.2, -0.15) is 0 Å². The van der Waals surface area contributed by atoms with Crippen LogP contribution in [0.15, 0.2) is 17.0 Å². The lowest BCUT2D eigenvalue weighted by atomic mass is 10.3. The first-order chi connectivity index (χ1) is 9.96. The van der Waals surface area contributed by atoms with Gasteiger partial charge in [0.05, 0.1) is 19.9 Å². The largest absolute Gasteiger partial charge is 0.495 e. The molecular formula is C13H22N2O5S. The molecular weight excluding hydrogens is 296 g/mol. The van der Waals surface area contributed by atoms with Gasteiger partial charge in [-0.3, -0.25) is 0 Å². The van der Waals surface area contributed by atoms with Crippen LogP contribution in [-0.2, 0) is 14.8 Å². The number of rotatable bonds is 9. The molecule has 0 bridgehead atoms. The first-order valence-corrected chi connectivity index (χ1v) is 7.94. The highest BCUT2D eigenvalue weighted by molar-refractivity contribution is 7.89. The molecule has 0 unspecified atom stereocenters. The molecule has 0 radical (unpaired) electrons. The summed E-state index contributed by atoms with van der Waals surface area (Å²) in [5, 5.41) is 0. The van der Waals surface area contributed by atoms with E-state index in [1.165, 1.54) is 26.4 Å². The van der Waals surface area contributed by atoms with Gasteiger partial charge in [0.2, 0.25) is 10.0 Å². The SMILES string of the molecule is COCCCCNS(=O)(=O)c1cc(N)c(OC)cc1OC. The van der Waals surface area contributed by atoms with Gasteiger partial charge in [0, 0.05) is 26.3 Å². The maximum Gasteiger partial charge on any atom is 0.244 e. The molecule has 0 saturated heterocycles. The first-order valence-electron chi connectivity index (χ1n) is 6.46. The number of hydrogen-bond acceptors (Lipinski definition) is 6. The maximum atomic E-state index is 12.3. The van der Waals surface area contributed by atoms with Gasteiger partial charge in [0.25, 0.3) is 0 Å². The van der Waals surface area contributed by atoms with E-state index < -0.39 is 10.0 Å². The summed E-state index contributed by atoms with van der Waals surface area (Å²) in [6.45, 7) is 0.918. The predicted octanol–water partition coefficient (Wildman–Crippen LogP) is 0.991. The Morgan fingerprint density at radius 1 is 1.10 bits per heavy atom. The van der Waals surface area contributed by atoms with E-state index in [4.69, 9.17) is 19.9 Å². The van der Waals surface area contributed by atoms with Gasteiger partial charge in [-0.25, -0.2) is 13.1 Å². The third-order valence-electron chi connectivity index (χ3n) is 2.87. The zero-order chi connectivity index (χ0) is 15.9. The molecule has 0 amide bonds. The van der Waals surface area contributed by atoms with Crippen molar-refractivity contribution >= 4 is 15.7 Å². The smallest absolute Gasteiger partial charge is 0.244 e. The molecule has 0 aromatic heterocycles. The molecule has 0 saturated carbocycles. The number of ether oxygens (including phenoxy) is 3. The second kappa shape index (κ2) is 8.06. The van der Waals surface area contributed by atoms with E-state index in [0.29, 0.717) is 25.3 Å². The van der Waals surface area contributed by atoms with Crippen LogP contribution in [0.2, 0.25) is 0 Å². The average molecular weight is 318 g/mol. The van der Waals surface area contributed by atoms with Crippen LogP contribution in [0, 0.1) is 0 Å². The summed E-state index contributed by atoms with van der Waals surface area (Å²) >= 11 is 0. The van der Waals surface area contributed by atoms with Crippen LogP contribution >= 0.6 is 0 Å². The highest BCUT2D eigenvalue weighted by atomic mass is 32.2. The Kier molecular flexibility index (Phi) is 6.73. The van der Waals surface area contributed by atoms with E-state index >= 15 is 0 Å². The van der Waals surface area contributed by atoms with Crippen molar-refractivity contribution in [3.8, 4) is 11.5 Å². The molecule has 0 spiro atoms. The molecule has 0 heterocycles. The highest BCUT2D eigenvalue weighted by Crippen LogP contribution is 2.33. The predicted molar refractivity (Wildman–Crippen MR) is 80.3 cm³/mol. The number of nitrogen functional groups attached to an aromatic ring is 1. The molecule has 0 aliphatic heterocycles. The van der Waals surface area contributed by atoms with Crippen LogP contribution in [0.4, 0.5) is 5.69 Å². The number of methoxy groups -OCH3 is 3. The van der Waals surface area contributed by atoms with Crippen molar-refractivity contribution in [1.82, 2.24) is 4.72 Å². The summed E-state index contributed by atoms with van der Waals surface area (Å²) < 4.78 is 42.1. The fourth-order valence-electron chi connectivity index (χ4n) is 1.76. The fourth-order valence-corrected chi connectivity index (χ4v) is 3.02. The van der Waals surface area contributed by atoms with Crippen LogP contribution < -0.4 is 19.9 Å². The standard InChI is InChI=1S/C13H22N2O5S/c1-18-7-5-4-6-15-21(16,17)13-8-10(14)11(19-2)9-12(13)20-3/h8-9,15H,4-7,14H2,1-3H3. The summed E-state index contributed by atoms with van der Waals surface area (Å²) in [4.78, 5) is -0.00459. The zero-order valence-corrected chi connectivity index (χ0v) is 13.3. The lowest BCUT2D eigenvalue weighted by molar-refractivity contribution is 0.193. The molecule has 8 heteroatoms. The Labute approximate surface area is 125 Å². The Morgan fingerprint density at radius 2 is 1.76 bits per heavy atom. The average Bonchev–Trinajstić information content (AvgIpc) is 2.46. The van der Waals surface area contributed by atoms with Gasteiger partial charge in [-0.1, -0.05) is 0 Å². The highest BCUT2D eigenvalue weighted by Gasteiger charge is 2.21. The molecule has 0 aliphatic carbocycles. The topological polar surface area (TPSA) is 99.9 Å². The number of nitrogens with two attached hydrogens (primary N) is 1. The van der Waals surface area contributed by atoms with Crippen molar-refractivity contribution in [2.75, 3.05) is 40.2 Å². The molecule has 120 valence electrons. The van der Waals surface area contributed by atoms with Crippen molar-refractivity contribution in [2.45, 2.75) is 17.7 Å². The van der Waals surface area contributed by atoms with E-state index in [2.05, 4.69) is 4.72 Å². The van der Waals surface area contributed by atoms with Crippen molar-refractivity contribution in [3.63, 3.8) is 0 Å². The van der Waals surface area contributed by atoms with E-state index in [9.17, 15) is 8.42 Å². The van der Waals surface area contributed by atoms with Gasteiger partial charge in [-0.15, -0.1) is 0 Å². The normalized spacial score (nSPS) is 11.4. The minimum Gasteiger partial charge on any atom is -0.495 e. The quantitative estimate of drug-likeness (QED) is 0.520. The number of nitrogens with one attached hydrogen (secondary N) is 1. The van der Waals surface area contributed by atoms with Gasteiger partial charge in [-0.05, 0) is 18.9 Å². The van der Waals surface area contributed by atoms with Crippen molar-refractivity contribution < 1.29 is 22.6 Å². The molecule has 3 N–H and O–H groups in total. The van der Waals surface area contributed by atoms with Crippen LogP contribution in [0.25, 0.3) is 0 Å². The Morgan fingerprint density at radius 3 is 2.33 bits per heavy atom. The summed E-state index contributed by atoms with van der Waals surface area (Å²) in [6.07, 6.45) is 1.46. The monoisotopic (exact) mass is 318 g/mol. The second-order valence-electron chi connectivity index (χ2n) is 4.34. The lowest BCUT2D eigenvalue weighted by Crippen LogP contribution is -2.25. The van der Waals surface area contributed by atoms with Crippen molar-refractivity contribution in [3.05, 3.63) is 12.1 Å². The van der Waals surface area contributed by atoms with Crippen LogP contribution in [0.1, 0.15) is 12.8 Å². The fraction of sp³-hybridized carbons (Fsp3) is 0.538. The van der Waals surface area contributed by atoms with E-state index in [1.54, 1.807) is 7.11 Å². The van der Waals surface area contributed by atoms with E-state index in [-0.39, 0.29) is 16.3 Å². The Hall–Kier alpha value is -1.51. The Bertz CT molecular complexity index is 560. The third-order valence-corrected chi connectivity index (χ3v) is 4.36. The number of unbranched alkanes of at least 4 members (excludes halogenated alkanes) is 1. The Balaban J connectivity index is 2.89. The molecule has 21 heavy (non-hydrogen) atoms. The minimum atomic E-state index is -3.69. The van der Waals surface area contributed by atoms with Gasteiger partial charge >= 0.3 is 0 Å². The lowest BCUT2D eigenvalue weighted by Gasteiger charge is -2.13. The van der Waals surface area contributed by atoms with Crippen LogP contribution in [-0.4, -0.2) is 42.9 Å². The molecule has 7 nitrogen and oxygen atoms in total. The molecule has 0 fully saturated rings. The van der Waals surface area contributed by atoms with E-state index in [0.717, 1.165) is 6.42 Å². The van der Waals surface area contributed by atoms with E-state index in [1.807, 2.05) is 0 Å². The van der Waals surface area contributed by atoms with Gasteiger partial charge in [0.15, 0.2) is 0 Å². The second-order valence-corrected chi connectivity index (χ2v) is 6.08.